The van der Waals surface area contributed by atoms with E-state index in [-0.39, 0.29) is 5.56 Å². The first-order chi connectivity index (χ1) is 9.08. The Kier molecular flexibility index (Phi) is 4.21. The van der Waals surface area contributed by atoms with Gasteiger partial charge in [0.25, 0.3) is 0 Å². The van der Waals surface area contributed by atoms with Gasteiger partial charge in [0.05, 0.1) is 12.7 Å². The number of aromatic carboxylic acids is 1. The third-order valence-corrected chi connectivity index (χ3v) is 3.19. The molecule has 2 aromatic rings. The van der Waals surface area contributed by atoms with Crippen LogP contribution in [0.3, 0.4) is 0 Å². The van der Waals surface area contributed by atoms with Crippen molar-refractivity contribution in [3.05, 3.63) is 46.2 Å². The zero-order valence-corrected chi connectivity index (χ0v) is 11.9. The van der Waals surface area contributed by atoms with E-state index in [0.29, 0.717) is 18.8 Å². The zero-order chi connectivity index (χ0) is 13.8. The summed E-state index contributed by atoms with van der Waals surface area (Å²) >= 11 is 3.37. The first-order valence-corrected chi connectivity index (χ1v) is 6.51. The largest absolute Gasteiger partial charge is 0.492 e. The van der Waals surface area contributed by atoms with Gasteiger partial charge in [0, 0.05) is 10.2 Å². The number of benzene rings is 1. The summed E-state index contributed by atoms with van der Waals surface area (Å²) in [5, 5.41) is 13.0. The van der Waals surface area contributed by atoms with Crippen molar-refractivity contribution >= 4 is 21.9 Å². The number of rotatable bonds is 5. The van der Waals surface area contributed by atoms with Crippen molar-refractivity contribution in [3.8, 4) is 5.75 Å². The summed E-state index contributed by atoms with van der Waals surface area (Å²) in [4.78, 5) is 10.9. The van der Waals surface area contributed by atoms with Gasteiger partial charge in [0.1, 0.15) is 17.9 Å². The lowest BCUT2D eigenvalue weighted by Crippen LogP contribution is -2.11. The van der Waals surface area contributed by atoms with Gasteiger partial charge in [0.15, 0.2) is 0 Å². The second-order valence-corrected chi connectivity index (χ2v) is 4.89. The van der Waals surface area contributed by atoms with Crippen molar-refractivity contribution in [3.63, 3.8) is 0 Å². The van der Waals surface area contributed by atoms with Crippen LogP contribution in [0.25, 0.3) is 0 Å². The Morgan fingerprint density at radius 1 is 1.53 bits per heavy atom. The fraction of sp³-hybridized carbons (Fsp3) is 0.231. The van der Waals surface area contributed by atoms with E-state index in [4.69, 9.17) is 9.84 Å². The number of ether oxygens (including phenoxy) is 1. The summed E-state index contributed by atoms with van der Waals surface area (Å²) in [6, 6.07) is 7.55. The van der Waals surface area contributed by atoms with Crippen LogP contribution in [0.5, 0.6) is 5.75 Å². The Labute approximate surface area is 118 Å². The lowest BCUT2D eigenvalue weighted by atomic mass is 10.3. The topological polar surface area (TPSA) is 64.3 Å². The van der Waals surface area contributed by atoms with Crippen LogP contribution in [-0.4, -0.2) is 27.5 Å². The molecular formula is C13H13BrN2O3. The van der Waals surface area contributed by atoms with Gasteiger partial charge in [-0.1, -0.05) is 22.0 Å². The summed E-state index contributed by atoms with van der Waals surface area (Å²) in [6.45, 7) is 2.67. The fourth-order valence-corrected chi connectivity index (χ4v) is 2.07. The molecule has 5 nitrogen and oxygen atoms in total. The summed E-state index contributed by atoms with van der Waals surface area (Å²) < 4.78 is 8.16. The van der Waals surface area contributed by atoms with E-state index in [1.165, 1.54) is 6.20 Å². The zero-order valence-electron chi connectivity index (χ0n) is 10.3. The Balaban J connectivity index is 1.94. The smallest absolute Gasteiger partial charge is 0.339 e. The molecule has 0 radical (unpaired) electrons. The number of carbonyl (C=O) groups is 1. The number of aromatic nitrogens is 2. The number of hydrogen-bond donors (Lipinski definition) is 1. The van der Waals surface area contributed by atoms with Crippen LogP contribution in [0.1, 0.15) is 16.1 Å². The average Bonchev–Trinajstić information content (AvgIpc) is 2.71. The molecular weight excluding hydrogens is 312 g/mol. The van der Waals surface area contributed by atoms with E-state index in [2.05, 4.69) is 21.0 Å². The van der Waals surface area contributed by atoms with Gasteiger partial charge in [-0.3, -0.25) is 4.68 Å². The van der Waals surface area contributed by atoms with Crippen molar-refractivity contribution < 1.29 is 14.6 Å². The highest BCUT2D eigenvalue weighted by Crippen LogP contribution is 2.17. The van der Waals surface area contributed by atoms with Gasteiger partial charge in [-0.05, 0) is 25.1 Å². The second-order valence-electron chi connectivity index (χ2n) is 3.98. The van der Waals surface area contributed by atoms with E-state index in [1.54, 1.807) is 11.6 Å². The van der Waals surface area contributed by atoms with E-state index < -0.39 is 5.97 Å². The van der Waals surface area contributed by atoms with Crippen LogP contribution in [0.2, 0.25) is 0 Å². The molecule has 1 aromatic carbocycles. The molecule has 6 heteroatoms. The molecule has 1 aromatic heterocycles. The quantitative estimate of drug-likeness (QED) is 0.918. The van der Waals surface area contributed by atoms with Crippen molar-refractivity contribution in [2.24, 2.45) is 0 Å². The summed E-state index contributed by atoms with van der Waals surface area (Å²) in [7, 11) is 0. The lowest BCUT2D eigenvalue weighted by Gasteiger charge is -2.08. The molecule has 1 N–H and O–H groups in total. The van der Waals surface area contributed by atoms with Gasteiger partial charge in [-0.2, -0.15) is 5.10 Å². The standard InChI is InChI=1S/C13H13BrN2O3/c1-9-12(13(17)18)8-15-16(9)5-6-19-11-4-2-3-10(14)7-11/h2-4,7-8H,5-6H2,1H3,(H,17,18). The molecule has 0 saturated heterocycles. The highest BCUT2D eigenvalue weighted by atomic mass is 79.9. The Morgan fingerprint density at radius 3 is 2.95 bits per heavy atom. The fourth-order valence-electron chi connectivity index (χ4n) is 1.69. The minimum absolute atomic E-state index is 0.224. The number of halogens is 1. The van der Waals surface area contributed by atoms with Crippen LogP contribution in [-0.2, 0) is 6.54 Å². The lowest BCUT2D eigenvalue weighted by molar-refractivity contribution is 0.0696. The highest BCUT2D eigenvalue weighted by Gasteiger charge is 2.12. The molecule has 19 heavy (non-hydrogen) atoms. The SMILES string of the molecule is Cc1c(C(=O)O)cnn1CCOc1cccc(Br)c1. The molecule has 1 heterocycles. The maximum absolute atomic E-state index is 10.9. The molecule has 0 aliphatic rings. The highest BCUT2D eigenvalue weighted by molar-refractivity contribution is 9.10. The molecule has 0 atom stereocenters. The Hall–Kier alpha value is -1.82. The summed E-state index contributed by atoms with van der Waals surface area (Å²) in [5.74, 6) is -0.200. The van der Waals surface area contributed by atoms with Crippen molar-refractivity contribution in [1.82, 2.24) is 9.78 Å². The van der Waals surface area contributed by atoms with Gasteiger partial charge in [-0.25, -0.2) is 4.79 Å². The molecule has 0 unspecified atom stereocenters. The Morgan fingerprint density at radius 2 is 2.32 bits per heavy atom. The van der Waals surface area contributed by atoms with E-state index >= 15 is 0 Å². The molecule has 2 rings (SSSR count). The first-order valence-electron chi connectivity index (χ1n) is 5.72. The van der Waals surface area contributed by atoms with E-state index in [1.807, 2.05) is 24.3 Å². The van der Waals surface area contributed by atoms with Gasteiger partial charge in [0.2, 0.25) is 0 Å². The predicted octanol–water partition coefficient (Wildman–Crippen LogP) is 2.73. The number of carboxylic acid groups (broad SMARTS) is 1. The van der Waals surface area contributed by atoms with Crippen molar-refractivity contribution in [2.75, 3.05) is 6.61 Å². The molecule has 0 spiro atoms. The minimum Gasteiger partial charge on any atom is -0.492 e. The summed E-state index contributed by atoms with van der Waals surface area (Å²) in [6.07, 6.45) is 1.36. The van der Waals surface area contributed by atoms with Crippen LogP contribution in [0, 0.1) is 6.92 Å². The summed E-state index contributed by atoms with van der Waals surface area (Å²) in [5.41, 5.74) is 0.854. The normalized spacial score (nSPS) is 10.4. The van der Waals surface area contributed by atoms with Gasteiger partial charge < -0.3 is 9.84 Å². The maximum Gasteiger partial charge on any atom is 0.339 e. The van der Waals surface area contributed by atoms with Crippen LogP contribution >= 0.6 is 15.9 Å². The molecule has 0 aliphatic heterocycles. The van der Waals surface area contributed by atoms with Crippen molar-refractivity contribution in [2.45, 2.75) is 13.5 Å². The van der Waals surface area contributed by atoms with E-state index in [9.17, 15) is 4.79 Å². The molecule has 0 amide bonds. The van der Waals surface area contributed by atoms with Crippen LogP contribution in [0.15, 0.2) is 34.9 Å². The first kappa shape index (κ1) is 13.6. The maximum atomic E-state index is 10.9. The number of hydrogen-bond acceptors (Lipinski definition) is 3. The Bertz CT molecular complexity index is 595. The molecule has 0 bridgehead atoms. The van der Waals surface area contributed by atoms with Gasteiger partial charge in [-0.15, -0.1) is 0 Å². The van der Waals surface area contributed by atoms with Crippen molar-refractivity contribution in [1.29, 1.82) is 0 Å². The minimum atomic E-state index is -0.961. The molecule has 0 fully saturated rings. The van der Waals surface area contributed by atoms with Crippen LogP contribution < -0.4 is 4.74 Å². The second kappa shape index (κ2) is 5.88. The third kappa shape index (κ3) is 3.35. The van der Waals surface area contributed by atoms with Gasteiger partial charge >= 0.3 is 5.97 Å². The van der Waals surface area contributed by atoms with E-state index in [0.717, 1.165) is 10.2 Å². The number of nitrogens with zero attached hydrogens (tertiary/aromatic N) is 2. The molecule has 0 aliphatic carbocycles. The predicted molar refractivity (Wildman–Crippen MR) is 73.6 cm³/mol. The van der Waals surface area contributed by atoms with Crippen LogP contribution in [0.4, 0.5) is 0 Å². The molecule has 0 saturated carbocycles. The number of carboxylic acids is 1. The monoisotopic (exact) mass is 324 g/mol. The average molecular weight is 325 g/mol. The third-order valence-electron chi connectivity index (χ3n) is 2.70. The molecule has 100 valence electrons.